The second kappa shape index (κ2) is 8.17. The fourth-order valence-corrected chi connectivity index (χ4v) is 6.16. The van der Waals surface area contributed by atoms with Crippen molar-refractivity contribution in [3.05, 3.63) is 59.4 Å². The molecule has 0 spiro atoms. The Bertz CT molecular complexity index is 1310. The van der Waals surface area contributed by atoms with Crippen LogP contribution in [-0.4, -0.2) is 24.9 Å². The van der Waals surface area contributed by atoms with Gasteiger partial charge in [-0.05, 0) is 55.8 Å². The fourth-order valence-electron chi connectivity index (χ4n) is 6.03. The van der Waals surface area contributed by atoms with Gasteiger partial charge in [0.1, 0.15) is 16.4 Å². The highest BCUT2D eigenvalue weighted by molar-refractivity contribution is 6.29. The van der Waals surface area contributed by atoms with Crippen LogP contribution in [0, 0.1) is 29.5 Å². The molecular weight excluding hydrogens is 437 g/mol. The average molecular weight is 462 g/mol. The molecule has 3 aliphatic rings. The molecule has 168 valence electrons. The number of benzene rings is 1. The van der Waals surface area contributed by atoms with Crippen LogP contribution in [0.2, 0.25) is 5.15 Å². The maximum atomic E-state index is 15.9. The van der Waals surface area contributed by atoms with E-state index < -0.39 is 0 Å². The Kier molecular flexibility index (Phi) is 5.13. The van der Waals surface area contributed by atoms with Crippen LogP contribution in [0.15, 0.2) is 42.7 Å². The van der Waals surface area contributed by atoms with Gasteiger partial charge < -0.3 is 4.98 Å². The van der Waals surface area contributed by atoms with Gasteiger partial charge in [-0.25, -0.2) is 24.3 Å². The summed E-state index contributed by atoms with van der Waals surface area (Å²) in [5.41, 5.74) is 3.42. The van der Waals surface area contributed by atoms with Crippen molar-refractivity contribution in [1.29, 1.82) is 0 Å². The Morgan fingerprint density at radius 2 is 1.79 bits per heavy atom. The van der Waals surface area contributed by atoms with E-state index in [9.17, 15) is 0 Å². The van der Waals surface area contributed by atoms with E-state index in [0.29, 0.717) is 63.3 Å². The molecule has 0 radical (unpaired) electrons. The van der Waals surface area contributed by atoms with Crippen LogP contribution >= 0.6 is 11.6 Å². The molecule has 33 heavy (non-hydrogen) atoms. The third-order valence-electron chi connectivity index (χ3n) is 7.83. The zero-order valence-electron chi connectivity index (χ0n) is 18.4. The Labute approximate surface area is 196 Å². The van der Waals surface area contributed by atoms with Crippen LogP contribution in [0.3, 0.4) is 0 Å². The third-order valence-corrected chi connectivity index (χ3v) is 8.01. The number of H-pyrrole nitrogens is 1. The van der Waals surface area contributed by atoms with E-state index >= 15 is 4.39 Å². The number of hydrogen-bond acceptors (Lipinski definition) is 4. The van der Waals surface area contributed by atoms with Crippen LogP contribution in [0.25, 0.3) is 33.8 Å². The highest BCUT2D eigenvalue weighted by Crippen LogP contribution is 2.50. The number of hydrogen-bond donors (Lipinski definition) is 1. The minimum Gasteiger partial charge on any atom is -0.344 e. The number of rotatable bonds is 4. The molecule has 7 rings (SSSR count). The minimum absolute atomic E-state index is 0.293. The molecule has 3 saturated carbocycles. The van der Waals surface area contributed by atoms with E-state index in [0.717, 1.165) is 11.5 Å². The topological polar surface area (TPSA) is 67.3 Å². The average Bonchev–Trinajstić information content (AvgIpc) is 3.26. The first kappa shape index (κ1) is 20.7. The van der Waals surface area contributed by atoms with Gasteiger partial charge >= 0.3 is 0 Å². The molecule has 1 aromatic carbocycles. The summed E-state index contributed by atoms with van der Waals surface area (Å²) in [5.74, 6) is 2.58. The van der Waals surface area contributed by atoms with Crippen molar-refractivity contribution in [1.82, 2.24) is 24.9 Å². The molecular formula is C26H25ClFN5. The Morgan fingerprint density at radius 3 is 2.55 bits per heavy atom. The van der Waals surface area contributed by atoms with Gasteiger partial charge in [-0.2, -0.15) is 0 Å². The van der Waals surface area contributed by atoms with Gasteiger partial charge in [0.15, 0.2) is 17.3 Å². The maximum absolute atomic E-state index is 15.9. The molecule has 3 aromatic heterocycles. The molecule has 3 fully saturated rings. The van der Waals surface area contributed by atoms with Crippen LogP contribution in [0.4, 0.5) is 4.39 Å². The normalized spacial score (nSPS) is 24.5. The summed E-state index contributed by atoms with van der Waals surface area (Å²) >= 11 is 6.11. The molecule has 3 heterocycles. The molecule has 1 N–H and O–H groups in total. The first-order chi connectivity index (χ1) is 16.1. The number of nitrogens with zero attached hydrogens (tertiary/aromatic N) is 4. The SMILES string of the molecule is C[C@H]1C2CCC(CC2)[C@@H]1Cc1nc(-c2c[nH]c3ncc(Cl)nc23)nc(-c2ccccc2)c1F. The van der Waals surface area contributed by atoms with Gasteiger partial charge in [0.2, 0.25) is 0 Å². The Balaban J connectivity index is 1.49. The van der Waals surface area contributed by atoms with E-state index in [1.54, 1.807) is 6.20 Å². The van der Waals surface area contributed by atoms with Gasteiger partial charge in [0.05, 0.1) is 17.5 Å². The third kappa shape index (κ3) is 3.61. The van der Waals surface area contributed by atoms with Crippen molar-refractivity contribution in [2.24, 2.45) is 23.7 Å². The quantitative estimate of drug-likeness (QED) is 0.377. The van der Waals surface area contributed by atoms with Crippen molar-refractivity contribution < 1.29 is 4.39 Å². The number of halogens is 2. The van der Waals surface area contributed by atoms with Crippen molar-refractivity contribution in [2.75, 3.05) is 0 Å². The van der Waals surface area contributed by atoms with Gasteiger partial charge in [-0.15, -0.1) is 0 Å². The van der Waals surface area contributed by atoms with Crippen LogP contribution in [0.1, 0.15) is 38.3 Å². The number of aromatic nitrogens is 5. The smallest absolute Gasteiger partial charge is 0.170 e. The summed E-state index contributed by atoms with van der Waals surface area (Å²) in [6, 6.07) is 9.49. The van der Waals surface area contributed by atoms with Crippen LogP contribution in [0.5, 0.6) is 0 Å². The highest BCUT2D eigenvalue weighted by atomic mass is 35.5. The largest absolute Gasteiger partial charge is 0.344 e. The van der Waals surface area contributed by atoms with Crippen LogP contribution < -0.4 is 0 Å². The lowest BCUT2D eigenvalue weighted by atomic mass is 9.58. The molecule has 7 heteroatoms. The molecule has 0 saturated heterocycles. The molecule has 0 aliphatic heterocycles. The molecule has 2 bridgehead atoms. The minimum atomic E-state index is -0.317. The summed E-state index contributed by atoms with van der Waals surface area (Å²) in [6.07, 6.45) is 9.03. The number of nitrogens with one attached hydrogen (secondary N) is 1. The van der Waals surface area contributed by atoms with Crippen molar-refractivity contribution >= 4 is 22.8 Å². The van der Waals surface area contributed by atoms with E-state index in [1.807, 2.05) is 30.3 Å². The molecule has 2 atom stereocenters. The summed E-state index contributed by atoms with van der Waals surface area (Å²) in [7, 11) is 0. The summed E-state index contributed by atoms with van der Waals surface area (Å²) in [6.45, 7) is 2.34. The number of aromatic amines is 1. The van der Waals surface area contributed by atoms with Gasteiger partial charge in [-0.1, -0.05) is 48.9 Å². The Hall–Kier alpha value is -2.86. The zero-order valence-corrected chi connectivity index (χ0v) is 19.2. The first-order valence-electron chi connectivity index (χ1n) is 11.7. The van der Waals surface area contributed by atoms with E-state index in [4.69, 9.17) is 16.6 Å². The van der Waals surface area contributed by atoms with E-state index in [1.165, 1.54) is 31.9 Å². The molecule has 0 amide bonds. The number of fused-ring (bicyclic) bond motifs is 4. The predicted octanol–water partition coefficient (Wildman–Crippen LogP) is 6.49. The summed E-state index contributed by atoms with van der Waals surface area (Å²) in [4.78, 5) is 21.3. The lowest BCUT2D eigenvalue weighted by molar-refractivity contribution is 0.0334. The summed E-state index contributed by atoms with van der Waals surface area (Å²) in [5, 5.41) is 0.293. The van der Waals surface area contributed by atoms with Gasteiger partial charge in [-0.3, -0.25) is 0 Å². The standard InChI is InChI=1S/C26H25ClFN5/c1-14-15-7-9-16(10-8-15)18(14)11-20-22(28)23(17-5-3-2-4-6-17)33-25(31-20)19-12-29-26-24(19)32-21(27)13-30-26/h2-6,12-16,18H,7-11H2,1H3,(H,29,30)/t14-,15?,16?,18+/m0/s1. The summed E-state index contributed by atoms with van der Waals surface area (Å²) < 4.78 is 15.9. The lowest BCUT2D eigenvalue weighted by Gasteiger charge is -2.47. The van der Waals surface area contributed by atoms with Crippen LogP contribution in [-0.2, 0) is 6.42 Å². The molecule has 0 unspecified atom stereocenters. The molecule has 4 aromatic rings. The Morgan fingerprint density at radius 1 is 1.03 bits per heavy atom. The molecule has 3 aliphatic carbocycles. The predicted molar refractivity (Wildman–Crippen MR) is 127 cm³/mol. The molecule has 5 nitrogen and oxygen atoms in total. The van der Waals surface area contributed by atoms with Crippen molar-refractivity contribution in [2.45, 2.75) is 39.0 Å². The maximum Gasteiger partial charge on any atom is 0.170 e. The van der Waals surface area contributed by atoms with E-state index in [-0.39, 0.29) is 5.82 Å². The van der Waals surface area contributed by atoms with Gasteiger partial charge in [0.25, 0.3) is 0 Å². The highest BCUT2D eigenvalue weighted by Gasteiger charge is 2.41. The van der Waals surface area contributed by atoms with Crippen molar-refractivity contribution in [3.8, 4) is 22.6 Å². The van der Waals surface area contributed by atoms with E-state index in [2.05, 4.69) is 26.9 Å². The van der Waals surface area contributed by atoms with Crippen molar-refractivity contribution in [3.63, 3.8) is 0 Å². The fraction of sp³-hybridized carbons (Fsp3) is 0.385. The van der Waals surface area contributed by atoms with Gasteiger partial charge in [0, 0.05) is 11.8 Å². The first-order valence-corrected chi connectivity index (χ1v) is 12.1. The zero-order chi connectivity index (χ0) is 22.5. The monoisotopic (exact) mass is 461 g/mol. The second-order valence-corrected chi connectivity index (χ2v) is 9.90. The second-order valence-electron chi connectivity index (χ2n) is 9.52. The lowest BCUT2D eigenvalue weighted by Crippen LogP contribution is -2.39.